The number of hydrogen-bond donors (Lipinski definition) is 0. The molecule has 0 amide bonds. The normalized spacial score (nSPS) is 15.2. The Morgan fingerprint density at radius 2 is 1.69 bits per heavy atom. The molecule has 1 heteroatoms. The summed E-state index contributed by atoms with van der Waals surface area (Å²) in [4.78, 5) is 0. The van der Waals surface area contributed by atoms with E-state index >= 15 is 0 Å². The molecular weight excluding hydrogens is 259 g/mol. The fourth-order valence-corrected chi connectivity index (χ4v) is 9.23. The third kappa shape index (κ3) is 2.91. The van der Waals surface area contributed by atoms with Crippen LogP contribution in [0.15, 0.2) is 42.5 Å². The van der Waals surface area contributed by atoms with Crippen molar-refractivity contribution in [2.75, 3.05) is 0 Å². The van der Waals surface area contributed by atoms with Gasteiger partial charge < -0.3 is 0 Å². The summed E-state index contributed by atoms with van der Waals surface area (Å²) in [7, 11) is 0. The maximum atomic E-state index is 2.41. The van der Waals surface area contributed by atoms with E-state index in [4.69, 9.17) is 0 Å². The van der Waals surface area contributed by atoms with E-state index < -0.39 is 21.4 Å². The molecule has 0 aromatic heterocycles. The first kappa shape index (κ1) is 9.39. The Labute approximate surface area is 88.2 Å². The van der Waals surface area contributed by atoms with Gasteiger partial charge in [0.1, 0.15) is 0 Å². The minimum absolute atomic E-state index is 1.02. The van der Waals surface area contributed by atoms with Gasteiger partial charge in [-0.25, -0.2) is 0 Å². The number of benzene rings is 1. The molecule has 0 radical (unpaired) electrons. The van der Waals surface area contributed by atoms with E-state index in [1.165, 1.54) is 20.3 Å². The molecule has 0 atom stereocenters. The molecule has 1 aromatic rings. The van der Waals surface area contributed by atoms with Crippen molar-refractivity contribution in [3.8, 4) is 0 Å². The van der Waals surface area contributed by atoms with E-state index in [-0.39, 0.29) is 0 Å². The van der Waals surface area contributed by atoms with Crippen molar-refractivity contribution in [1.29, 1.82) is 0 Å². The number of hydrogen-bond acceptors (Lipinski definition) is 0. The van der Waals surface area contributed by atoms with Crippen LogP contribution in [0.5, 0.6) is 0 Å². The molecule has 1 aliphatic rings. The first-order valence-corrected chi connectivity index (χ1v) is 12.1. The zero-order valence-corrected chi connectivity index (χ0v) is 11.2. The third-order valence-electron chi connectivity index (χ3n) is 2.79. The van der Waals surface area contributed by atoms with E-state index in [9.17, 15) is 0 Å². The van der Waals surface area contributed by atoms with Crippen LogP contribution < -0.4 is 0 Å². The van der Waals surface area contributed by atoms with Gasteiger partial charge in [0.2, 0.25) is 0 Å². The Bertz CT molecular complexity index is 268. The van der Waals surface area contributed by atoms with Gasteiger partial charge >= 0.3 is 88.4 Å². The number of rotatable bonds is 3. The minimum atomic E-state index is -1.02. The Morgan fingerprint density at radius 1 is 1.00 bits per heavy atom. The van der Waals surface area contributed by atoms with Crippen molar-refractivity contribution in [3.63, 3.8) is 0 Å². The standard InChI is InChI=1S/C8H9.C4H6.In/c1-2-8-6-4-3-5-7-8;1-3-4-2;/h3-7H,1-2H2;3-4H,1-2H2;. The fraction of sp³-hybridized carbons (Fsp3) is 0.333. The van der Waals surface area contributed by atoms with Crippen molar-refractivity contribution < 1.29 is 0 Å². The molecule has 13 heavy (non-hydrogen) atoms. The summed E-state index contributed by atoms with van der Waals surface area (Å²) in [6.45, 7) is 0. The Balaban J connectivity index is 1.80. The maximum absolute atomic E-state index is 2.41. The molecule has 1 heterocycles. The van der Waals surface area contributed by atoms with Crippen LogP contribution in [0.4, 0.5) is 0 Å². The van der Waals surface area contributed by atoms with Gasteiger partial charge in [0.05, 0.1) is 0 Å². The second kappa shape index (κ2) is 4.90. The second-order valence-corrected chi connectivity index (χ2v) is 13.1. The van der Waals surface area contributed by atoms with Crippen LogP contribution in [0, 0.1) is 0 Å². The predicted molar refractivity (Wildman–Crippen MR) is 59.5 cm³/mol. The molecule has 1 aromatic carbocycles. The summed E-state index contributed by atoms with van der Waals surface area (Å²) in [5.41, 5.74) is 1.53. The molecule has 0 spiro atoms. The van der Waals surface area contributed by atoms with Crippen molar-refractivity contribution in [3.05, 3.63) is 48.0 Å². The van der Waals surface area contributed by atoms with E-state index in [2.05, 4.69) is 42.5 Å². The third-order valence-corrected chi connectivity index (χ3v) is 11.3. The summed E-state index contributed by atoms with van der Waals surface area (Å²) >= 11 is -1.02. The SMILES string of the molecule is C1=C[CH2][In]([CH2]Cc2ccccc2)[CH2]1. The van der Waals surface area contributed by atoms with Gasteiger partial charge in [0.15, 0.2) is 0 Å². The van der Waals surface area contributed by atoms with Gasteiger partial charge in [-0.2, -0.15) is 0 Å². The molecule has 0 N–H and O–H groups in total. The van der Waals surface area contributed by atoms with Crippen LogP contribution in [-0.4, -0.2) is 21.4 Å². The fourth-order valence-electron chi connectivity index (χ4n) is 1.92. The van der Waals surface area contributed by atoms with Crippen molar-refractivity contribution in [1.82, 2.24) is 0 Å². The van der Waals surface area contributed by atoms with Crippen LogP contribution in [-0.2, 0) is 6.42 Å². The zero-order chi connectivity index (χ0) is 8.93. The Hall–Kier alpha value is -0.170. The van der Waals surface area contributed by atoms with Gasteiger partial charge in [-0.3, -0.25) is 0 Å². The van der Waals surface area contributed by atoms with Gasteiger partial charge in [-0.15, -0.1) is 0 Å². The molecule has 0 saturated carbocycles. The molecule has 0 bridgehead atoms. The average molecular weight is 274 g/mol. The van der Waals surface area contributed by atoms with Crippen LogP contribution in [0.2, 0.25) is 12.5 Å². The first-order valence-electron chi connectivity index (χ1n) is 5.14. The zero-order valence-electron chi connectivity index (χ0n) is 7.95. The molecule has 0 fully saturated rings. The molecule has 1 aliphatic heterocycles. The summed E-state index contributed by atoms with van der Waals surface area (Å²) in [5, 5.41) is 0. The van der Waals surface area contributed by atoms with Gasteiger partial charge in [0.25, 0.3) is 0 Å². The Morgan fingerprint density at radius 3 is 2.38 bits per heavy atom. The van der Waals surface area contributed by atoms with Crippen molar-refractivity contribution >= 4 is 21.4 Å². The van der Waals surface area contributed by atoms with Gasteiger partial charge in [0, 0.05) is 0 Å². The van der Waals surface area contributed by atoms with Crippen molar-refractivity contribution in [2.24, 2.45) is 0 Å². The monoisotopic (exact) mass is 274 g/mol. The van der Waals surface area contributed by atoms with E-state index in [1.807, 2.05) is 0 Å². The molecule has 0 saturated heterocycles. The van der Waals surface area contributed by atoms with Gasteiger partial charge in [-0.05, 0) is 0 Å². The molecule has 0 nitrogen and oxygen atoms in total. The molecular formula is C12H15In. The van der Waals surface area contributed by atoms with Crippen molar-refractivity contribution in [2.45, 2.75) is 19.0 Å². The Kier molecular flexibility index (Phi) is 3.54. The second-order valence-electron chi connectivity index (χ2n) is 3.83. The summed E-state index contributed by atoms with van der Waals surface area (Å²) in [6.07, 6.45) is 6.15. The number of aryl methyl sites for hydroxylation is 1. The first-order chi connectivity index (χ1) is 6.45. The van der Waals surface area contributed by atoms with E-state index in [1.54, 1.807) is 4.18 Å². The molecule has 2 rings (SSSR count). The number of allylic oxidation sites excluding steroid dienone is 2. The summed E-state index contributed by atoms with van der Waals surface area (Å²) < 4.78 is 4.57. The quantitative estimate of drug-likeness (QED) is 0.742. The summed E-state index contributed by atoms with van der Waals surface area (Å²) in [6, 6.07) is 10.9. The molecule has 0 unspecified atom stereocenters. The average Bonchev–Trinajstić information content (AvgIpc) is 2.69. The summed E-state index contributed by atoms with van der Waals surface area (Å²) in [5.74, 6) is 0. The van der Waals surface area contributed by atoms with Crippen LogP contribution >= 0.6 is 0 Å². The predicted octanol–water partition coefficient (Wildman–Crippen LogP) is 3.29. The van der Waals surface area contributed by atoms with E-state index in [0.29, 0.717) is 0 Å². The molecule has 66 valence electrons. The van der Waals surface area contributed by atoms with Crippen LogP contribution in [0.25, 0.3) is 0 Å². The van der Waals surface area contributed by atoms with Gasteiger partial charge in [-0.1, -0.05) is 0 Å². The molecule has 0 aliphatic carbocycles. The van der Waals surface area contributed by atoms with Crippen LogP contribution in [0.1, 0.15) is 5.56 Å². The van der Waals surface area contributed by atoms with E-state index in [0.717, 1.165) is 0 Å². The van der Waals surface area contributed by atoms with Crippen LogP contribution in [0.3, 0.4) is 0 Å². The topological polar surface area (TPSA) is 0 Å².